The van der Waals surface area contributed by atoms with Gasteiger partial charge in [-0.1, -0.05) is 30.3 Å². The van der Waals surface area contributed by atoms with E-state index in [0.717, 1.165) is 16.0 Å². The number of alkyl halides is 3. The van der Waals surface area contributed by atoms with Crippen LogP contribution in [-0.4, -0.2) is 83.0 Å². The van der Waals surface area contributed by atoms with Gasteiger partial charge in [-0.15, -0.1) is 0 Å². The first-order chi connectivity index (χ1) is 18.6. The number of hydrogen-bond acceptors (Lipinski definition) is 7. The van der Waals surface area contributed by atoms with Gasteiger partial charge in [0, 0.05) is 39.1 Å². The fourth-order valence-corrected chi connectivity index (χ4v) is 5.33. The van der Waals surface area contributed by atoms with Gasteiger partial charge in [-0.05, 0) is 29.7 Å². The monoisotopic (exact) mass is 543 g/mol. The summed E-state index contributed by atoms with van der Waals surface area (Å²) < 4.78 is 43.7. The molecule has 0 aromatic heterocycles. The lowest BCUT2D eigenvalue weighted by Gasteiger charge is -2.35. The van der Waals surface area contributed by atoms with Gasteiger partial charge in [0.15, 0.2) is 5.78 Å². The van der Waals surface area contributed by atoms with Crippen LogP contribution < -0.4 is 4.74 Å². The maximum atomic E-state index is 13.2. The minimum absolute atomic E-state index is 0.119. The van der Waals surface area contributed by atoms with Gasteiger partial charge in [0.05, 0.1) is 30.1 Å². The number of ketones is 2. The number of benzene rings is 2. The van der Waals surface area contributed by atoms with Crippen molar-refractivity contribution in [2.24, 2.45) is 0 Å². The number of amides is 2. The third kappa shape index (κ3) is 6.04. The molecule has 8 nitrogen and oxygen atoms in total. The number of nitrogens with zero attached hydrogens (tertiary/aromatic N) is 3. The Bertz CT molecular complexity index is 1290. The highest BCUT2D eigenvalue weighted by Gasteiger charge is 2.45. The average molecular weight is 544 g/mol. The summed E-state index contributed by atoms with van der Waals surface area (Å²) in [6.07, 6.45) is -4.17. The highest BCUT2D eigenvalue weighted by atomic mass is 19.4. The number of imide groups is 1. The molecule has 0 N–H and O–H groups in total. The van der Waals surface area contributed by atoms with Crippen LogP contribution in [0.15, 0.2) is 42.5 Å². The van der Waals surface area contributed by atoms with Crippen molar-refractivity contribution in [1.82, 2.24) is 14.7 Å². The van der Waals surface area contributed by atoms with E-state index in [0.29, 0.717) is 32.7 Å². The fraction of sp³-hybridized carbons (Fsp3) is 0.429. The number of carbonyl (C=O) groups is 4. The average Bonchev–Trinajstić information content (AvgIpc) is 3.14. The molecule has 11 heteroatoms. The first-order valence-electron chi connectivity index (χ1n) is 12.9. The quantitative estimate of drug-likeness (QED) is 0.392. The molecule has 1 atom stereocenters. The summed E-state index contributed by atoms with van der Waals surface area (Å²) in [6.45, 7) is 1.77. The molecule has 0 bridgehead atoms. The molecule has 1 saturated carbocycles. The Morgan fingerprint density at radius 3 is 2.18 bits per heavy atom. The normalized spacial score (nSPS) is 21.0. The second kappa shape index (κ2) is 10.9. The van der Waals surface area contributed by atoms with Crippen LogP contribution in [0.2, 0.25) is 0 Å². The van der Waals surface area contributed by atoms with Crippen molar-refractivity contribution < 1.29 is 37.1 Å². The molecule has 2 aromatic carbocycles. The highest BCUT2D eigenvalue weighted by Crippen LogP contribution is 2.34. The fourth-order valence-electron chi connectivity index (χ4n) is 5.33. The molecule has 1 saturated heterocycles. The first-order valence-corrected chi connectivity index (χ1v) is 12.9. The SMILES string of the molecule is O=C1CCC(N2C(=O)c3cccc(OCc4ccc(CN5CCN(CC(F)(F)F)CC5)cc4)c3C2=O)C(=O)C1. The number of carbonyl (C=O) groups excluding carboxylic acids is 4. The molecule has 0 spiro atoms. The van der Waals surface area contributed by atoms with Gasteiger partial charge in [-0.2, -0.15) is 13.2 Å². The number of Topliss-reactive ketones (excluding diaryl/α,β-unsaturated/α-hetero) is 2. The van der Waals surface area contributed by atoms with E-state index >= 15 is 0 Å². The molecule has 0 radical (unpaired) electrons. The molecule has 2 aromatic rings. The predicted molar refractivity (Wildman–Crippen MR) is 133 cm³/mol. The van der Waals surface area contributed by atoms with Gasteiger partial charge in [-0.25, -0.2) is 0 Å². The zero-order chi connectivity index (χ0) is 27.7. The topological polar surface area (TPSA) is 87.2 Å². The molecule has 1 unspecified atom stereocenters. The van der Waals surface area contributed by atoms with Gasteiger partial charge < -0.3 is 4.74 Å². The van der Waals surface area contributed by atoms with Crippen molar-refractivity contribution in [3.8, 4) is 5.75 Å². The number of rotatable bonds is 7. The van der Waals surface area contributed by atoms with Gasteiger partial charge in [-0.3, -0.25) is 33.9 Å². The smallest absolute Gasteiger partial charge is 0.401 e. The van der Waals surface area contributed by atoms with Crippen LogP contribution in [0.1, 0.15) is 51.1 Å². The van der Waals surface area contributed by atoms with Crippen molar-refractivity contribution in [2.75, 3.05) is 32.7 Å². The molecular weight excluding hydrogens is 515 g/mol. The van der Waals surface area contributed by atoms with E-state index in [9.17, 15) is 32.3 Å². The van der Waals surface area contributed by atoms with Gasteiger partial charge in [0.1, 0.15) is 18.1 Å². The third-order valence-corrected chi connectivity index (χ3v) is 7.35. The lowest BCUT2D eigenvalue weighted by molar-refractivity contribution is -0.149. The standard InChI is InChI=1S/C28H28F3N3O5/c29-28(30,31)17-33-12-10-32(11-13-33)15-18-4-6-19(7-5-18)16-39-24-3-1-2-21-25(24)27(38)34(26(21)37)22-9-8-20(35)14-23(22)36/h1-7,22H,8-17H2. The number of hydrogen-bond donors (Lipinski definition) is 0. The van der Waals surface area contributed by atoms with Crippen LogP contribution in [-0.2, 0) is 22.7 Å². The summed E-state index contributed by atoms with van der Waals surface area (Å²) in [5.74, 6) is -1.52. The molecule has 39 heavy (non-hydrogen) atoms. The van der Waals surface area contributed by atoms with E-state index in [2.05, 4.69) is 4.90 Å². The molecule has 2 heterocycles. The van der Waals surface area contributed by atoms with E-state index in [-0.39, 0.29) is 48.5 Å². The van der Waals surface area contributed by atoms with E-state index in [4.69, 9.17) is 4.74 Å². The minimum Gasteiger partial charge on any atom is -0.488 e. The Hall–Kier alpha value is -3.57. The molecule has 2 fully saturated rings. The number of fused-ring (bicyclic) bond motifs is 1. The number of piperazine rings is 1. The van der Waals surface area contributed by atoms with Gasteiger partial charge in [0.25, 0.3) is 11.8 Å². The van der Waals surface area contributed by atoms with E-state index in [1.54, 1.807) is 12.1 Å². The number of halogens is 3. The Morgan fingerprint density at radius 2 is 1.51 bits per heavy atom. The summed E-state index contributed by atoms with van der Waals surface area (Å²) in [5.41, 5.74) is 2.15. The maximum absolute atomic E-state index is 13.2. The van der Waals surface area contributed by atoms with Crippen LogP contribution in [0.3, 0.4) is 0 Å². The molecule has 2 amide bonds. The zero-order valence-corrected chi connectivity index (χ0v) is 21.2. The van der Waals surface area contributed by atoms with Gasteiger partial charge in [0.2, 0.25) is 0 Å². The maximum Gasteiger partial charge on any atom is 0.401 e. The second-order valence-electron chi connectivity index (χ2n) is 10.2. The van der Waals surface area contributed by atoms with E-state index < -0.39 is 36.4 Å². The van der Waals surface area contributed by atoms with Crippen LogP contribution in [0.4, 0.5) is 13.2 Å². The van der Waals surface area contributed by atoms with Crippen LogP contribution in [0.25, 0.3) is 0 Å². The van der Waals surface area contributed by atoms with Gasteiger partial charge >= 0.3 is 6.18 Å². The van der Waals surface area contributed by atoms with Crippen LogP contribution in [0.5, 0.6) is 5.75 Å². The third-order valence-electron chi connectivity index (χ3n) is 7.35. The predicted octanol–water partition coefficient (Wildman–Crippen LogP) is 3.23. The van der Waals surface area contributed by atoms with Crippen molar-refractivity contribution in [3.63, 3.8) is 0 Å². The summed E-state index contributed by atoms with van der Waals surface area (Å²) in [5, 5.41) is 0. The first kappa shape index (κ1) is 27.0. The lowest BCUT2D eigenvalue weighted by Crippen LogP contribution is -2.48. The Balaban J connectivity index is 1.18. The summed E-state index contributed by atoms with van der Waals surface area (Å²) in [6, 6.07) is 11.4. The molecule has 1 aliphatic carbocycles. The van der Waals surface area contributed by atoms with Crippen LogP contribution in [0, 0.1) is 0 Å². The second-order valence-corrected chi connectivity index (χ2v) is 10.2. The molecule has 3 aliphatic rings. The van der Waals surface area contributed by atoms with Crippen molar-refractivity contribution in [3.05, 3.63) is 64.7 Å². The van der Waals surface area contributed by atoms with E-state index in [1.807, 2.05) is 24.3 Å². The molecule has 206 valence electrons. The summed E-state index contributed by atoms with van der Waals surface area (Å²) in [7, 11) is 0. The number of ether oxygens (including phenoxy) is 1. The Labute approximate surface area is 223 Å². The lowest BCUT2D eigenvalue weighted by atomic mass is 9.92. The zero-order valence-electron chi connectivity index (χ0n) is 21.2. The van der Waals surface area contributed by atoms with E-state index in [1.165, 1.54) is 11.0 Å². The molecular formula is C28H28F3N3O5. The Kier molecular flexibility index (Phi) is 7.55. The highest BCUT2D eigenvalue weighted by molar-refractivity contribution is 6.24. The summed E-state index contributed by atoms with van der Waals surface area (Å²) in [4.78, 5) is 54.7. The minimum atomic E-state index is -4.18. The summed E-state index contributed by atoms with van der Waals surface area (Å²) >= 11 is 0. The molecule has 5 rings (SSSR count). The molecule has 2 aliphatic heterocycles. The largest absolute Gasteiger partial charge is 0.488 e. The Morgan fingerprint density at radius 1 is 0.846 bits per heavy atom. The van der Waals surface area contributed by atoms with Crippen LogP contribution >= 0.6 is 0 Å². The van der Waals surface area contributed by atoms with Crippen molar-refractivity contribution >= 4 is 23.4 Å². The van der Waals surface area contributed by atoms with Crippen molar-refractivity contribution in [2.45, 2.75) is 44.6 Å². The van der Waals surface area contributed by atoms with Crippen molar-refractivity contribution in [1.29, 1.82) is 0 Å².